The minimum absolute atomic E-state index is 0.0792. The van der Waals surface area contributed by atoms with E-state index >= 15 is 0 Å². The smallest absolute Gasteiger partial charge is 0.326 e. The summed E-state index contributed by atoms with van der Waals surface area (Å²) >= 11 is 6.35. The Labute approximate surface area is 178 Å². The van der Waals surface area contributed by atoms with E-state index < -0.39 is 12.0 Å². The van der Waals surface area contributed by atoms with Crippen molar-refractivity contribution >= 4 is 34.9 Å². The predicted octanol–water partition coefficient (Wildman–Crippen LogP) is 5.03. The number of halogens is 1. The molecular formula is C23H31ClN2O3. The number of benzene rings is 1. The molecule has 0 aromatic heterocycles. The fourth-order valence-corrected chi connectivity index (χ4v) is 4.47. The van der Waals surface area contributed by atoms with Gasteiger partial charge in [0.25, 0.3) is 5.91 Å². The van der Waals surface area contributed by atoms with Crippen molar-refractivity contribution in [2.24, 2.45) is 16.8 Å². The molecule has 5 nitrogen and oxygen atoms in total. The molecule has 1 aromatic carbocycles. The van der Waals surface area contributed by atoms with Gasteiger partial charge in [0.15, 0.2) is 0 Å². The lowest BCUT2D eigenvalue weighted by molar-refractivity contribution is -0.142. The summed E-state index contributed by atoms with van der Waals surface area (Å²) in [7, 11) is 0. The van der Waals surface area contributed by atoms with Crippen molar-refractivity contribution in [3.8, 4) is 0 Å². The van der Waals surface area contributed by atoms with Crippen LogP contribution in [-0.2, 0) is 14.3 Å². The van der Waals surface area contributed by atoms with Gasteiger partial charge in [-0.1, -0.05) is 51.1 Å². The standard InChI is InChI=1S/C23H31ClN2O3/c1-4-15(3)21-23(28)26(14-20(27)29-5-2)19-12-11-17(24)13-18(19)22(25-21)16-9-7-6-8-10-16/h11-13,15-16,21H,4-10,14H2,1-3H3. The second-order valence-corrected chi connectivity index (χ2v) is 8.51. The number of hydrogen-bond donors (Lipinski definition) is 0. The number of benzodiazepines with no additional fused rings is 1. The number of aliphatic imine (C=N–C) groups is 1. The number of fused-ring (bicyclic) bond motifs is 1. The first-order chi connectivity index (χ1) is 14.0. The van der Waals surface area contributed by atoms with Crippen LogP contribution in [-0.4, -0.2) is 36.8 Å². The molecule has 158 valence electrons. The molecule has 3 rings (SSSR count). The third-order valence-electron chi connectivity index (χ3n) is 6.09. The molecule has 0 saturated heterocycles. The highest BCUT2D eigenvalue weighted by atomic mass is 35.5. The van der Waals surface area contributed by atoms with E-state index in [1.807, 2.05) is 12.1 Å². The van der Waals surface area contributed by atoms with Crippen LogP contribution in [0.1, 0.15) is 64.9 Å². The van der Waals surface area contributed by atoms with Gasteiger partial charge in [-0.25, -0.2) is 0 Å². The fraction of sp³-hybridized carbons (Fsp3) is 0.609. The van der Waals surface area contributed by atoms with Gasteiger partial charge in [-0.05, 0) is 43.9 Å². The first-order valence-electron chi connectivity index (χ1n) is 10.8. The van der Waals surface area contributed by atoms with Crippen LogP contribution >= 0.6 is 11.6 Å². The number of esters is 1. The Morgan fingerprint density at radius 3 is 2.66 bits per heavy atom. The van der Waals surface area contributed by atoms with Gasteiger partial charge in [0, 0.05) is 22.2 Å². The van der Waals surface area contributed by atoms with Gasteiger partial charge in [-0.2, -0.15) is 0 Å². The molecule has 2 aliphatic rings. The van der Waals surface area contributed by atoms with Crippen molar-refractivity contribution in [3.63, 3.8) is 0 Å². The Bertz CT molecular complexity index is 786. The zero-order chi connectivity index (χ0) is 21.0. The van der Waals surface area contributed by atoms with E-state index in [1.54, 1.807) is 17.9 Å². The molecule has 6 heteroatoms. The topological polar surface area (TPSA) is 59.0 Å². The van der Waals surface area contributed by atoms with E-state index in [0.717, 1.165) is 30.5 Å². The van der Waals surface area contributed by atoms with Crippen LogP contribution in [0.3, 0.4) is 0 Å². The Balaban J connectivity index is 2.12. The largest absolute Gasteiger partial charge is 0.465 e. The van der Waals surface area contributed by atoms with Crippen molar-refractivity contribution in [2.75, 3.05) is 18.1 Å². The number of carbonyl (C=O) groups is 2. The van der Waals surface area contributed by atoms with Crippen LogP contribution in [0.15, 0.2) is 23.2 Å². The molecule has 1 aliphatic carbocycles. The summed E-state index contributed by atoms with van der Waals surface area (Å²) in [5, 5.41) is 0.609. The van der Waals surface area contributed by atoms with E-state index in [2.05, 4.69) is 13.8 Å². The van der Waals surface area contributed by atoms with Crippen LogP contribution in [0.2, 0.25) is 5.02 Å². The molecule has 1 fully saturated rings. The van der Waals surface area contributed by atoms with Gasteiger partial charge >= 0.3 is 5.97 Å². The first-order valence-corrected chi connectivity index (χ1v) is 11.2. The average molecular weight is 419 g/mol. The molecule has 0 spiro atoms. The van der Waals surface area contributed by atoms with E-state index in [4.69, 9.17) is 21.3 Å². The fourth-order valence-electron chi connectivity index (χ4n) is 4.30. The van der Waals surface area contributed by atoms with Crippen LogP contribution in [0, 0.1) is 11.8 Å². The maximum atomic E-state index is 13.5. The van der Waals surface area contributed by atoms with E-state index in [9.17, 15) is 9.59 Å². The molecule has 2 unspecified atom stereocenters. The van der Waals surface area contributed by atoms with Crippen molar-refractivity contribution in [2.45, 2.75) is 65.3 Å². The number of nitrogens with zero attached hydrogens (tertiary/aromatic N) is 2. The molecule has 1 aliphatic heterocycles. The Morgan fingerprint density at radius 2 is 2.00 bits per heavy atom. The highest BCUT2D eigenvalue weighted by Crippen LogP contribution is 2.36. The summed E-state index contributed by atoms with van der Waals surface area (Å²) < 4.78 is 5.14. The highest BCUT2D eigenvalue weighted by Gasteiger charge is 2.37. The summed E-state index contributed by atoms with van der Waals surface area (Å²) in [5.41, 5.74) is 2.57. The monoisotopic (exact) mass is 418 g/mol. The van der Waals surface area contributed by atoms with E-state index in [0.29, 0.717) is 16.6 Å². The van der Waals surface area contributed by atoms with Crippen molar-refractivity contribution < 1.29 is 14.3 Å². The van der Waals surface area contributed by atoms with Crippen LogP contribution in [0.25, 0.3) is 0 Å². The molecule has 0 radical (unpaired) electrons. The van der Waals surface area contributed by atoms with Gasteiger partial charge in [-0.3, -0.25) is 19.5 Å². The summed E-state index contributed by atoms with van der Waals surface area (Å²) in [4.78, 5) is 32.4. The number of rotatable bonds is 6. The van der Waals surface area contributed by atoms with Gasteiger partial charge in [0.05, 0.1) is 12.3 Å². The second kappa shape index (κ2) is 9.75. The minimum Gasteiger partial charge on any atom is -0.465 e. The summed E-state index contributed by atoms with van der Waals surface area (Å²) in [6.07, 6.45) is 6.58. The summed E-state index contributed by atoms with van der Waals surface area (Å²) in [6, 6.07) is 5.01. The van der Waals surface area contributed by atoms with Crippen LogP contribution < -0.4 is 4.90 Å². The van der Waals surface area contributed by atoms with Crippen molar-refractivity contribution in [3.05, 3.63) is 28.8 Å². The lowest BCUT2D eigenvalue weighted by Gasteiger charge is -2.26. The van der Waals surface area contributed by atoms with Crippen molar-refractivity contribution in [1.29, 1.82) is 0 Å². The van der Waals surface area contributed by atoms with Gasteiger partial charge in [0.1, 0.15) is 12.6 Å². The van der Waals surface area contributed by atoms with E-state index in [-0.39, 0.29) is 25.0 Å². The maximum absolute atomic E-state index is 13.5. The molecule has 1 amide bonds. The molecule has 1 heterocycles. The molecule has 1 saturated carbocycles. The molecular weight excluding hydrogens is 388 g/mol. The highest BCUT2D eigenvalue weighted by molar-refractivity contribution is 6.31. The SMILES string of the molecule is CCOC(=O)CN1C(=O)C(C(C)CC)N=C(C2CCCCC2)c2cc(Cl)ccc21. The lowest BCUT2D eigenvalue weighted by Crippen LogP contribution is -2.43. The predicted molar refractivity (Wildman–Crippen MR) is 117 cm³/mol. The Kier molecular flexibility index (Phi) is 7.33. The Morgan fingerprint density at radius 1 is 1.28 bits per heavy atom. The molecule has 0 bridgehead atoms. The van der Waals surface area contributed by atoms with Crippen molar-refractivity contribution in [1.82, 2.24) is 0 Å². The first kappa shape index (κ1) is 21.8. The number of carbonyl (C=O) groups excluding carboxylic acids is 2. The zero-order valence-corrected chi connectivity index (χ0v) is 18.4. The van der Waals surface area contributed by atoms with Gasteiger partial charge < -0.3 is 4.74 Å². The van der Waals surface area contributed by atoms with Crippen LogP contribution in [0.4, 0.5) is 5.69 Å². The Hall–Kier alpha value is -1.88. The molecule has 29 heavy (non-hydrogen) atoms. The zero-order valence-electron chi connectivity index (χ0n) is 17.6. The maximum Gasteiger partial charge on any atom is 0.326 e. The van der Waals surface area contributed by atoms with Gasteiger partial charge in [-0.15, -0.1) is 0 Å². The third-order valence-corrected chi connectivity index (χ3v) is 6.33. The lowest BCUT2D eigenvalue weighted by atomic mass is 9.82. The number of ether oxygens (including phenoxy) is 1. The molecule has 2 atom stereocenters. The molecule has 0 N–H and O–H groups in total. The number of anilines is 1. The van der Waals surface area contributed by atoms with Gasteiger partial charge in [0.2, 0.25) is 0 Å². The quantitative estimate of drug-likeness (QED) is 0.608. The summed E-state index contributed by atoms with van der Waals surface area (Å²) in [5.74, 6) is -0.147. The molecule has 1 aromatic rings. The third kappa shape index (κ3) is 4.82. The normalized spacial score (nSPS) is 21.2. The average Bonchev–Trinajstić information content (AvgIpc) is 2.83. The van der Waals surface area contributed by atoms with Crippen LogP contribution in [0.5, 0.6) is 0 Å². The second-order valence-electron chi connectivity index (χ2n) is 8.07. The number of hydrogen-bond acceptors (Lipinski definition) is 4. The number of amides is 1. The van der Waals surface area contributed by atoms with E-state index in [1.165, 1.54) is 19.3 Å². The summed E-state index contributed by atoms with van der Waals surface area (Å²) in [6.45, 7) is 6.06. The minimum atomic E-state index is -0.502.